The maximum absolute atomic E-state index is 12.2. The van der Waals surface area contributed by atoms with Crippen molar-refractivity contribution in [2.75, 3.05) is 12.4 Å². The van der Waals surface area contributed by atoms with E-state index in [0.29, 0.717) is 16.4 Å². The lowest BCUT2D eigenvalue weighted by molar-refractivity contribution is 0.878. The van der Waals surface area contributed by atoms with Crippen molar-refractivity contribution < 1.29 is 0 Å². The maximum Gasteiger partial charge on any atom is 0.357 e. The van der Waals surface area contributed by atoms with Gasteiger partial charge in [0, 0.05) is 29.9 Å². The minimum Gasteiger partial charge on any atom is -0.372 e. The van der Waals surface area contributed by atoms with Crippen LogP contribution in [-0.2, 0) is 0 Å². The van der Waals surface area contributed by atoms with Crippen LogP contribution in [0, 0.1) is 0 Å². The Hall–Kier alpha value is -2.47. The van der Waals surface area contributed by atoms with Gasteiger partial charge in [0.1, 0.15) is 5.82 Å². The molecule has 0 saturated heterocycles. The molecule has 0 saturated carbocycles. The van der Waals surface area contributed by atoms with Crippen LogP contribution in [0.3, 0.4) is 0 Å². The first-order chi connectivity index (χ1) is 9.70. The second-order valence-electron chi connectivity index (χ2n) is 4.04. The summed E-state index contributed by atoms with van der Waals surface area (Å²) in [6, 6.07) is 6.92. The first-order valence-electron chi connectivity index (χ1n) is 5.88. The lowest BCUT2D eigenvalue weighted by atomic mass is 10.2. The highest BCUT2D eigenvalue weighted by Crippen LogP contribution is 2.23. The Morgan fingerprint density at radius 1 is 1.25 bits per heavy atom. The van der Waals surface area contributed by atoms with Crippen molar-refractivity contribution >= 4 is 28.3 Å². The molecule has 7 heteroatoms. The fourth-order valence-electron chi connectivity index (χ4n) is 1.99. The number of rotatable bonds is 2. The van der Waals surface area contributed by atoms with Gasteiger partial charge in [-0.15, -0.1) is 0 Å². The van der Waals surface area contributed by atoms with Crippen LogP contribution in [0.4, 0.5) is 5.82 Å². The molecule has 0 bridgehead atoms. The van der Waals surface area contributed by atoms with Gasteiger partial charge in [-0.2, -0.15) is 4.98 Å². The smallest absolute Gasteiger partial charge is 0.357 e. The average Bonchev–Trinajstić information content (AvgIpc) is 2.47. The molecule has 1 N–H and O–H groups in total. The maximum atomic E-state index is 12.2. The van der Waals surface area contributed by atoms with E-state index in [4.69, 9.17) is 11.6 Å². The molecular weight excluding hydrogens is 278 g/mol. The third-order valence-electron chi connectivity index (χ3n) is 2.84. The third-order valence-corrected chi connectivity index (χ3v) is 3.08. The highest BCUT2D eigenvalue weighted by Gasteiger charge is 2.13. The standard InChI is InChI=1S/C13H10ClN5O/c1-15-11-9-4-3-8(14)7-10(9)19(13(20)18-11)12-16-5-2-6-17-12/h2-7H,1H3,(H,15,18,20). The van der Waals surface area contributed by atoms with Crippen LogP contribution in [0.15, 0.2) is 41.5 Å². The number of halogens is 1. The predicted molar refractivity (Wildman–Crippen MR) is 77.5 cm³/mol. The van der Waals surface area contributed by atoms with E-state index in [9.17, 15) is 4.79 Å². The summed E-state index contributed by atoms with van der Waals surface area (Å²) < 4.78 is 1.34. The molecule has 0 amide bonds. The Morgan fingerprint density at radius 3 is 2.70 bits per heavy atom. The number of hydrogen-bond donors (Lipinski definition) is 1. The molecule has 0 unspecified atom stereocenters. The molecule has 2 heterocycles. The number of aromatic nitrogens is 4. The van der Waals surface area contributed by atoms with Gasteiger partial charge in [0.15, 0.2) is 0 Å². The molecule has 100 valence electrons. The number of nitrogens with one attached hydrogen (secondary N) is 1. The summed E-state index contributed by atoms with van der Waals surface area (Å²) in [7, 11) is 1.71. The minimum atomic E-state index is -0.463. The quantitative estimate of drug-likeness (QED) is 0.779. The van der Waals surface area contributed by atoms with Crippen molar-refractivity contribution in [1.82, 2.24) is 19.5 Å². The average molecular weight is 288 g/mol. The zero-order valence-corrected chi connectivity index (χ0v) is 11.3. The SMILES string of the molecule is CNc1nc(=O)n(-c2ncccn2)c2cc(Cl)ccc12. The highest BCUT2D eigenvalue weighted by atomic mass is 35.5. The fourth-order valence-corrected chi connectivity index (χ4v) is 2.16. The molecule has 3 aromatic rings. The Labute approximate surface area is 119 Å². The topological polar surface area (TPSA) is 72.7 Å². The molecular formula is C13H10ClN5O. The van der Waals surface area contributed by atoms with Gasteiger partial charge in [-0.25, -0.2) is 19.3 Å². The molecule has 0 fully saturated rings. The molecule has 0 spiro atoms. The normalized spacial score (nSPS) is 10.7. The van der Waals surface area contributed by atoms with Gasteiger partial charge in [-0.3, -0.25) is 0 Å². The number of hydrogen-bond acceptors (Lipinski definition) is 5. The highest BCUT2D eigenvalue weighted by molar-refractivity contribution is 6.31. The van der Waals surface area contributed by atoms with Crippen molar-refractivity contribution in [3.05, 3.63) is 52.2 Å². The first-order valence-corrected chi connectivity index (χ1v) is 6.26. The Morgan fingerprint density at radius 2 is 2.00 bits per heavy atom. The van der Waals surface area contributed by atoms with Crippen LogP contribution in [-0.4, -0.2) is 26.6 Å². The van der Waals surface area contributed by atoms with E-state index in [0.717, 1.165) is 5.39 Å². The zero-order valence-electron chi connectivity index (χ0n) is 10.5. The summed E-state index contributed by atoms with van der Waals surface area (Å²) in [5.41, 5.74) is 0.142. The molecule has 20 heavy (non-hydrogen) atoms. The van der Waals surface area contributed by atoms with Crippen LogP contribution in [0.5, 0.6) is 0 Å². The van der Waals surface area contributed by atoms with Crippen LogP contribution < -0.4 is 11.0 Å². The Kier molecular flexibility index (Phi) is 3.08. The van der Waals surface area contributed by atoms with Crippen LogP contribution in [0.1, 0.15) is 0 Å². The summed E-state index contributed by atoms with van der Waals surface area (Å²) in [4.78, 5) is 24.4. The molecule has 0 aliphatic heterocycles. The largest absolute Gasteiger partial charge is 0.372 e. The van der Waals surface area contributed by atoms with Crippen LogP contribution >= 0.6 is 11.6 Å². The third kappa shape index (κ3) is 2.00. The van der Waals surface area contributed by atoms with Crippen LogP contribution in [0.2, 0.25) is 5.02 Å². The first kappa shape index (κ1) is 12.6. The van der Waals surface area contributed by atoms with E-state index < -0.39 is 5.69 Å². The Balaban J connectivity index is 2.46. The van der Waals surface area contributed by atoms with Gasteiger partial charge in [-0.1, -0.05) is 11.6 Å². The molecule has 0 aliphatic carbocycles. The number of anilines is 1. The van der Waals surface area contributed by atoms with E-state index in [1.807, 2.05) is 0 Å². The van der Waals surface area contributed by atoms with Gasteiger partial charge in [0.25, 0.3) is 0 Å². The zero-order chi connectivity index (χ0) is 14.1. The van der Waals surface area contributed by atoms with E-state index in [1.165, 1.54) is 4.57 Å². The Bertz CT molecular complexity index is 831. The number of benzene rings is 1. The van der Waals surface area contributed by atoms with E-state index >= 15 is 0 Å². The van der Waals surface area contributed by atoms with E-state index in [2.05, 4.69) is 20.3 Å². The van der Waals surface area contributed by atoms with Gasteiger partial charge < -0.3 is 5.32 Å². The van der Waals surface area contributed by atoms with Crippen molar-refractivity contribution in [2.45, 2.75) is 0 Å². The van der Waals surface area contributed by atoms with Gasteiger partial charge in [-0.05, 0) is 24.3 Å². The molecule has 3 rings (SSSR count). The summed E-state index contributed by atoms with van der Waals surface area (Å²) in [6.07, 6.45) is 3.13. The summed E-state index contributed by atoms with van der Waals surface area (Å²) in [6.45, 7) is 0. The summed E-state index contributed by atoms with van der Waals surface area (Å²) >= 11 is 6.03. The fraction of sp³-hybridized carbons (Fsp3) is 0.0769. The summed E-state index contributed by atoms with van der Waals surface area (Å²) in [5.74, 6) is 0.758. The van der Waals surface area contributed by atoms with Crippen molar-refractivity contribution in [3.63, 3.8) is 0 Å². The molecule has 0 atom stereocenters. The minimum absolute atomic E-state index is 0.264. The molecule has 1 aromatic carbocycles. The van der Waals surface area contributed by atoms with Crippen molar-refractivity contribution in [2.24, 2.45) is 0 Å². The lowest BCUT2D eigenvalue weighted by Gasteiger charge is -2.11. The molecule has 0 radical (unpaired) electrons. The van der Waals surface area contributed by atoms with Crippen LogP contribution in [0.25, 0.3) is 16.9 Å². The predicted octanol–water partition coefficient (Wildman–Crippen LogP) is 1.87. The second-order valence-corrected chi connectivity index (χ2v) is 4.48. The molecule has 6 nitrogen and oxygen atoms in total. The van der Waals surface area contributed by atoms with Gasteiger partial charge >= 0.3 is 5.69 Å². The molecule has 2 aromatic heterocycles. The van der Waals surface area contributed by atoms with Gasteiger partial charge in [0.2, 0.25) is 5.95 Å². The monoisotopic (exact) mass is 287 g/mol. The van der Waals surface area contributed by atoms with E-state index in [-0.39, 0.29) is 5.95 Å². The second kappa shape index (κ2) is 4.90. The number of fused-ring (bicyclic) bond motifs is 1. The van der Waals surface area contributed by atoms with Gasteiger partial charge in [0.05, 0.1) is 5.52 Å². The van der Waals surface area contributed by atoms with Crippen molar-refractivity contribution in [1.29, 1.82) is 0 Å². The lowest BCUT2D eigenvalue weighted by Crippen LogP contribution is -2.24. The van der Waals surface area contributed by atoms with E-state index in [1.54, 1.807) is 43.7 Å². The molecule has 0 aliphatic rings. The summed E-state index contributed by atoms with van der Waals surface area (Å²) in [5, 5.41) is 4.19. The number of nitrogens with zero attached hydrogens (tertiary/aromatic N) is 4. The van der Waals surface area contributed by atoms with Crippen molar-refractivity contribution in [3.8, 4) is 5.95 Å².